The van der Waals surface area contributed by atoms with E-state index in [0.717, 1.165) is 12.8 Å². The summed E-state index contributed by atoms with van der Waals surface area (Å²) in [4.78, 5) is 26.4. The molecule has 2 fully saturated rings. The first-order valence-corrected chi connectivity index (χ1v) is 10.6. The predicted molar refractivity (Wildman–Crippen MR) is 115 cm³/mol. The molecule has 0 bridgehead atoms. The highest BCUT2D eigenvalue weighted by molar-refractivity contribution is 7.80. The van der Waals surface area contributed by atoms with E-state index in [-0.39, 0.29) is 11.8 Å². The first-order chi connectivity index (χ1) is 13.4. The fraction of sp³-hybridized carbons (Fsp3) is 0.550. The Hall–Kier alpha value is -1.86. The Morgan fingerprint density at radius 1 is 1.21 bits per heavy atom. The molecule has 1 heterocycles. The first kappa shape index (κ1) is 20.9. The van der Waals surface area contributed by atoms with Gasteiger partial charge in [0, 0.05) is 24.0 Å². The quantitative estimate of drug-likeness (QED) is 0.514. The molecule has 1 saturated carbocycles. The lowest BCUT2D eigenvalue weighted by Gasteiger charge is -2.35. The van der Waals surface area contributed by atoms with Crippen LogP contribution in [0.15, 0.2) is 18.2 Å². The summed E-state index contributed by atoms with van der Waals surface area (Å²) in [6.45, 7) is 5.08. The summed E-state index contributed by atoms with van der Waals surface area (Å²) >= 11 is 11.4. The molecular weight excluding hydrogens is 396 g/mol. The third kappa shape index (κ3) is 4.75. The summed E-state index contributed by atoms with van der Waals surface area (Å²) in [6.07, 6.45) is 4.75. The van der Waals surface area contributed by atoms with Crippen LogP contribution >= 0.6 is 23.8 Å². The van der Waals surface area contributed by atoms with E-state index in [4.69, 9.17) is 23.8 Å². The zero-order valence-corrected chi connectivity index (χ0v) is 17.8. The van der Waals surface area contributed by atoms with Crippen LogP contribution in [-0.2, 0) is 4.79 Å². The Morgan fingerprint density at radius 3 is 2.71 bits per heavy atom. The zero-order chi connectivity index (χ0) is 20.3. The van der Waals surface area contributed by atoms with Crippen molar-refractivity contribution in [3.05, 3.63) is 28.8 Å². The molecule has 0 unspecified atom stereocenters. The average Bonchev–Trinajstić information content (AvgIpc) is 3.09. The Labute approximate surface area is 176 Å². The molecule has 0 radical (unpaired) electrons. The molecule has 6 nitrogen and oxygen atoms in total. The minimum absolute atomic E-state index is 0.00173. The Kier molecular flexibility index (Phi) is 6.78. The lowest BCUT2D eigenvalue weighted by atomic mass is 9.78. The predicted octanol–water partition coefficient (Wildman–Crippen LogP) is 3.40. The average molecular weight is 423 g/mol. The number of nitrogens with one attached hydrogen (secondary N) is 3. The van der Waals surface area contributed by atoms with Gasteiger partial charge in [-0.15, -0.1) is 0 Å². The lowest BCUT2D eigenvalue weighted by Crippen LogP contribution is -2.52. The number of rotatable bonds is 3. The molecule has 0 aromatic heterocycles. The van der Waals surface area contributed by atoms with Gasteiger partial charge in [-0.3, -0.25) is 20.4 Å². The maximum atomic E-state index is 12.7. The van der Waals surface area contributed by atoms with Gasteiger partial charge in [0.25, 0.3) is 5.91 Å². The van der Waals surface area contributed by atoms with Crippen molar-refractivity contribution in [1.29, 1.82) is 0 Å². The largest absolute Gasteiger partial charge is 0.358 e. The molecule has 2 aliphatic rings. The molecular formula is C20H27ClN4O2S. The van der Waals surface area contributed by atoms with Crippen molar-refractivity contribution in [2.24, 2.45) is 11.8 Å². The van der Waals surface area contributed by atoms with Crippen LogP contribution in [0.4, 0.5) is 5.69 Å². The SMILES string of the molecule is C[C@@H]1[C@@H](C)CCC[C@H]1NC(=S)NNC(=O)c1ccc(Cl)cc1N1CCCC1=O. The number of amides is 2. The number of nitrogens with zero attached hydrogens (tertiary/aromatic N) is 1. The Bertz CT molecular complexity index is 773. The van der Waals surface area contributed by atoms with E-state index in [0.29, 0.717) is 52.2 Å². The fourth-order valence-electron chi connectivity index (χ4n) is 3.99. The van der Waals surface area contributed by atoms with E-state index in [1.165, 1.54) is 12.8 Å². The smallest absolute Gasteiger partial charge is 0.271 e. The van der Waals surface area contributed by atoms with Crippen LogP contribution in [0, 0.1) is 11.8 Å². The van der Waals surface area contributed by atoms with Crippen molar-refractivity contribution in [1.82, 2.24) is 16.2 Å². The number of halogens is 1. The summed E-state index contributed by atoms with van der Waals surface area (Å²) in [5.41, 5.74) is 6.34. The van der Waals surface area contributed by atoms with E-state index < -0.39 is 0 Å². The monoisotopic (exact) mass is 422 g/mol. The van der Waals surface area contributed by atoms with Crippen molar-refractivity contribution in [3.8, 4) is 0 Å². The topological polar surface area (TPSA) is 73.5 Å². The molecule has 3 atom stereocenters. The lowest BCUT2D eigenvalue weighted by molar-refractivity contribution is -0.117. The second-order valence-electron chi connectivity index (χ2n) is 7.74. The highest BCUT2D eigenvalue weighted by atomic mass is 35.5. The minimum Gasteiger partial charge on any atom is -0.358 e. The van der Waals surface area contributed by atoms with Crippen molar-refractivity contribution < 1.29 is 9.59 Å². The zero-order valence-electron chi connectivity index (χ0n) is 16.3. The number of benzene rings is 1. The molecule has 1 aromatic carbocycles. The molecule has 28 heavy (non-hydrogen) atoms. The van der Waals surface area contributed by atoms with Crippen molar-refractivity contribution in [2.45, 2.75) is 52.0 Å². The van der Waals surface area contributed by atoms with E-state index >= 15 is 0 Å². The maximum Gasteiger partial charge on any atom is 0.271 e. The number of anilines is 1. The third-order valence-corrected chi connectivity index (χ3v) is 6.34. The number of hydrogen-bond donors (Lipinski definition) is 3. The van der Waals surface area contributed by atoms with Gasteiger partial charge in [-0.2, -0.15) is 0 Å². The molecule has 0 spiro atoms. The number of hydrogen-bond acceptors (Lipinski definition) is 3. The minimum atomic E-state index is -0.361. The molecule has 2 amide bonds. The fourth-order valence-corrected chi connectivity index (χ4v) is 4.36. The van der Waals surface area contributed by atoms with Crippen LogP contribution in [0.25, 0.3) is 0 Å². The summed E-state index contributed by atoms with van der Waals surface area (Å²) in [6, 6.07) is 5.22. The van der Waals surface area contributed by atoms with Crippen LogP contribution in [0.3, 0.4) is 0 Å². The van der Waals surface area contributed by atoms with E-state index in [1.807, 2.05) is 0 Å². The number of hydrazine groups is 1. The highest BCUT2D eigenvalue weighted by Crippen LogP contribution is 2.30. The summed E-state index contributed by atoms with van der Waals surface area (Å²) in [5, 5.41) is 4.19. The van der Waals surface area contributed by atoms with Crippen LogP contribution in [0.5, 0.6) is 0 Å². The third-order valence-electron chi connectivity index (χ3n) is 5.88. The molecule has 152 valence electrons. The highest BCUT2D eigenvalue weighted by Gasteiger charge is 2.28. The van der Waals surface area contributed by atoms with Gasteiger partial charge in [0.05, 0.1) is 11.3 Å². The maximum absolute atomic E-state index is 12.7. The van der Waals surface area contributed by atoms with Crippen LogP contribution in [0.1, 0.15) is 56.3 Å². The van der Waals surface area contributed by atoms with Gasteiger partial charge in [0.1, 0.15) is 0 Å². The van der Waals surface area contributed by atoms with E-state index in [9.17, 15) is 9.59 Å². The summed E-state index contributed by atoms with van der Waals surface area (Å²) in [5.74, 6) is 0.814. The van der Waals surface area contributed by atoms with Crippen LogP contribution in [0.2, 0.25) is 5.02 Å². The second-order valence-corrected chi connectivity index (χ2v) is 8.58. The molecule has 1 aromatic rings. The normalized spacial score (nSPS) is 24.8. The molecule has 1 aliphatic heterocycles. The molecule has 1 saturated heterocycles. The number of carbonyl (C=O) groups is 2. The van der Waals surface area contributed by atoms with Gasteiger partial charge < -0.3 is 10.2 Å². The van der Waals surface area contributed by atoms with Gasteiger partial charge >= 0.3 is 0 Å². The van der Waals surface area contributed by atoms with Gasteiger partial charge in [-0.05, 0) is 55.1 Å². The molecule has 1 aliphatic carbocycles. The standard InChI is InChI=1S/C20H27ClN4O2S/c1-12-5-3-6-16(13(12)2)22-20(28)24-23-19(27)15-9-8-14(21)11-17(15)25-10-4-7-18(25)26/h8-9,11-13,16H,3-7,10H2,1-2H3,(H,23,27)(H2,22,24,28)/t12-,13+,16+/m0/s1. The Balaban J connectivity index is 1.62. The Morgan fingerprint density at radius 2 is 2.00 bits per heavy atom. The summed E-state index contributed by atoms with van der Waals surface area (Å²) in [7, 11) is 0. The second kappa shape index (κ2) is 9.09. The van der Waals surface area contributed by atoms with Gasteiger partial charge in [-0.25, -0.2) is 0 Å². The van der Waals surface area contributed by atoms with Crippen LogP contribution in [-0.4, -0.2) is 29.5 Å². The molecule has 8 heteroatoms. The van der Waals surface area contributed by atoms with Gasteiger partial charge in [0.2, 0.25) is 5.91 Å². The number of thiocarbonyl (C=S) groups is 1. The van der Waals surface area contributed by atoms with Crippen molar-refractivity contribution in [2.75, 3.05) is 11.4 Å². The summed E-state index contributed by atoms with van der Waals surface area (Å²) < 4.78 is 0. The van der Waals surface area contributed by atoms with Gasteiger partial charge in [0.15, 0.2) is 5.11 Å². The van der Waals surface area contributed by atoms with Gasteiger partial charge in [-0.1, -0.05) is 38.3 Å². The number of carbonyl (C=O) groups excluding carboxylic acids is 2. The molecule has 3 rings (SSSR count). The van der Waals surface area contributed by atoms with Crippen molar-refractivity contribution in [3.63, 3.8) is 0 Å². The van der Waals surface area contributed by atoms with Crippen LogP contribution < -0.4 is 21.1 Å². The molecule has 3 N–H and O–H groups in total. The first-order valence-electron chi connectivity index (χ1n) is 9.83. The van der Waals surface area contributed by atoms with E-state index in [2.05, 4.69) is 30.0 Å². The van der Waals surface area contributed by atoms with E-state index in [1.54, 1.807) is 23.1 Å². The van der Waals surface area contributed by atoms with Crippen molar-refractivity contribution >= 4 is 46.4 Å².